The second-order valence-electron chi connectivity index (χ2n) is 8.01. The van der Waals surface area contributed by atoms with Crippen LogP contribution in [0.25, 0.3) is 0 Å². The van der Waals surface area contributed by atoms with Crippen molar-refractivity contribution < 1.29 is 27.2 Å². The topological polar surface area (TPSA) is 66.7 Å². The SMILES string of the molecule is Cc1cc(C(=O)N2CCN3C(=O)c4cccnc4CC32c2ccc(Cl)cc2)c(C(F)(F)F)o1. The fraction of sp³-hybridized carbons (Fsp3) is 0.261. The van der Waals surface area contributed by atoms with E-state index in [0.717, 1.165) is 6.07 Å². The second-order valence-corrected chi connectivity index (χ2v) is 8.45. The van der Waals surface area contributed by atoms with Gasteiger partial charge in [-0.2, -0.15) is 13.2 Å². The van der Waals surface area contributed by atoms with E-state index in [1.54, 1.807) is 42.6 Å². The number of amides is 2. The molecule has 0 N–H and O–H groups in total. The van der Waals surface area contributed by atoms with E-state index in [-0.39, 0.29) is 31.2 Å². The highest BCUT2D eigenvalue weighted by molar-refractivity contribution is 6.30. The first-order valence-electron chi connectivity index (χ1n) is 10.1. The summed E-state index contributed by atoms with van der Waals surface area (Å²) in [5.41, 5.74) is -0.515. The van der Waals surface area contributed by atoms with Gasteiger partial charge in [0.05, 0.1) is 16.8 Å². The molecule has 1 unspecified atom stereocenters. The summed E-state index contributed by atoms with van der Waals surface area (Å²) in [6, 6.07) is 11.0. The van der Waals surface area contributed by atoms with Gasteiger partial charge in [-0.3, -0.25) is 14.6 Å². The number of carbonyl (C=O) groups excluding carboxylic acids is 2. The Morgan fingerprint density at radius 3 is 2.61 bits per heavy atom. The third kappa shape index (κ3) is 3.21. The van der Waals surface area contributed by atoms with Crippen molar-refractivity contribution in [3.05, 3.63) is 87.6 Å². The minimum Gasteiger partial charge on any atom is -0.456 e. The van der Waals surface area contributed by atoms with Crippen LogP contribution >= 0.6 is 11.6 Å². The van der Waals surface area contributed by atoms with E-state index in [1.165, 1.54) is 16.7 Å². The Hall–Kier alpha value is -3.33. The van der Waals surface area contributed by atoms with E-state index < -0.39 is 29.1 Å². The quantitative estimate of drug-likeness (QED) is 0.540. The molecule has 1 fully saturated rings. The smallest absolute Gasteiger partial charge is 0.450 e. The minimum atomic E-state index is -4.84. The first kappa shape index (κ1) is 21.5. The van der Waals surface area contributed by atoms with Gasteiger partial charge in [0.1, 0.15) is 11.4 Å². The Bertz CT molecular complexity index is 1270. The van der Waals surface area contributed by atoms with E-state index in [4.69, 9.17) is 16.0 Å². The molecule has 2 aliphatic rings. The maximum Gasteiger partial charge on any atom is 0.450 e. The highest BCUT2D eigenvalue weighted by atomic mass is 35.5. The lowest BCUT2D eigenvalue weighted by atomic mass is 9.86. The monoisotopic (exact) mass is 475 g/mol. The van der Waals surface area contributed by atoms with Crippen LogP contribution in [0.5, 0.6) is 0 Å². The summed E-state index contributed by atoms with van der Waals surface area (Å²) < 4.78 is 45.7. The average Bonchev–Trinajstić information content (AvgIpc) is 3.36. The molecule has 0 saturated carbocycles. The number of alkyl halides is 3. The number of hydrogen-bond donors (Lipinski definition) is 0. The summed E-state index contributed by atoms with van der Waals surface area (Å²) in [5.74, 6) is -2.60. The van der Waals surface area contributed by atoms with E-state index >= 15 is 0 Å². The maximum absolute atomic E-state index is 13.6. The average molecular weight is 476 g/mol. The van der Waals surface area contributed by atoms with Gasteiger partial charge in [-0.25, -0.2) is 0 Å². The molecule has 33 heavy (non-hydrogen) atoms. The molecule has 2 amide bonds. The predicted molar refractivity (Wildman–Crippen MR) is 112 cm³/mol. The number of aryl methyl sites for hydroxylation is 1. The van der Waals surface area contributed by atoms with Crippen molar-refractivity contribution in [3.63, 3.8) is 0 Å². The first-order valence-corrected chi connectivity index (χ1v) is 10.5. The molecule has 1 saturated heterocycles. The van der Waals surface area contributed by atoms with Crippen LogP contribution in [-0.4, -0.2) is 39.7 Å². The van der Waals surface area contributed by atoms with Crippen LogP contribution in [-0.2, 0) is 18.3 Å². The maximum atomic E-state index is 13.6. The Balaban J connectivity index is 1.70. The zero-order valence-corrected chi connectivity index (χ0v) is 18.1. The molecule has 5 rings (SSSR count). The molecular formula is C23H17ClF3N3O3. The van der Waals surface area contributed by atoms with Crippen LogP contribution in [0.15, 0.2) is 53.1 Å². The number of benzene rings is 1. The molecule has 0 spiro atoms. The van der Waals surface area contributed by atoms with Crippen LogP contribution in [0.4, 0.5) is 13.2 Å². The lowest BCUT2D eigenvalue weighted by Gasteiger charge is -2.46. The van der Waals surface area contributed by atoms with Crippen LogP contribution in [0.2, 0.25) is 5.02 Å². The zero-order chi connectivity index (χ0) is 23.5. The number of rotatable bonds is 2. The summed E-state index contributed by atoms with van der Waals surface area (Å²) in [6.45, 7) is 1.55. The molecule has 1 atom stereocenters. The Morgan fingerprint density at radius 1 is 1.18 bits per heavy atom. The van der Waals surface area contributed by atoms with Crippen LogP contribution in [0.1, 0.15) is 43.5 Å². The Labute approximate surface area is 191 Å². The largest absolute Gasteiger partial charge is 0.456 e. The summed E-state index contributed by atoms with van der Waals surface area (Å²) in [4.78, 5) is 34.2. The van der Waals surface area contributed by atoms with Crippen molar-refractivity contribution in [1.82, 2.24) is 14.8 Å². The van der Waals surface area contributed by atoms with Gasteiger partial charge in [-0.1, -0.05) is 23.7 Å². The second kappa shape index (κ2) is 7.34. The standard InChI is InChI=1S/C23H17ClF3N3O3/c1-13-11-17(19(33-13)23(25,26)27)21(32)30-10-9-29-20(31)16-3-2-8-28-18(16)12-22(29,30)14-4-6-15(24)7-5-14/h2-8,11H,9-10,12H2,1H3. The molecule has 3 aromatic rings. The highest BCUT2D eigenvalue weighted by Crippen LogP contribution is 2.46. The predicted octanol–water partition coefficient (Wildman–Crippen LogP) is 4.66. The third-order valence-electron chi connectivity index (χ3n) is 6.11. The Morgan fingerprint density at radius 2 is 1.91 bits per heavy atom. The van der Waals surface area contributed by atoms with Crippen molar-refractivity contribution in [2.45, 2.75) is 25.2 Å². The van der Waals surface area contributed by atoms with Crippen molar-refractivity contribution in [1.29, 1.82) is 0 Å². The van der Waals surface area contributed by atoms with Crippen molar-refractivity contribution in [2.75, 3.05) is 13.1 Å². The highest BCUT2D eigenvalue weighted by Gasteiger charge is 2.57. The molecule has 0 radical (unpaired) electrons. The van der Waals surface area contributed by atoms with Gasteiger partial charge in [0.15, 0.2) is 0 Å². The molecule has 1 aromatic carbocycles. The number of aromatic nitrogens is 1. The summed E-state index contributed by atoms with van der Waals surface area (Å²) in [5, 5.41) is 0.447. The van der Waals surface area contributed by atoms with Gasteiger partial charge in [-0.15, -0.1) is 0 Å². The molecule has 2 aromatic heterocycles. The Kier molecular flexibility index (Phi) is 4.79. The van der Waals surface area contributed by atoms with E-state index in [0.29, 0.717) is 21.8 Å². The van der Waals surface area contributed by atoms with Gasteiger partial charge in [0.2, 0.25) is 5.76 Å². The summed E-state index contributed by atoms with van der Waals surface area (Å²) in [7, 11) is 0. The normalized spacial score (nSPS) is 20.1. The van der Waals surface area contributed by atoms with Gasteiger partial charge < -0.3 is 14.2 Å². The molecule has 6 nitrogen and oxygen atoms in total. The number of fused-ring (bicyclic) bond motifs is 2. The lowest BCUT2D eigenvalue weighted by Crippen LogP contribution is -2.58. The molecule has 2 aliphatic heterocycles. The minimum absolute atomic E-state index is 0.0333. The number of hydrogen-bond acceptors (Lipinski definition) is 4. The van der Waals surface area contributed by atoms with E-state index in [2.05, 4.69) is 4.98 Å². The number of nitrogens with zero attached hydrogens (tertiary/aromatic N) is 3. The number of carbonyl (C=O) groups is 2. The molecule has 4 heterocycles. The summed E-state index contributed by atoms with van der Waals surface area (Å²) >= 11 is 6.06. The van der Waals surface area contributed by atoms with Crippen molar-refractivity contribution in [3.8, 4) is 0 Å². The van der Waals surface area contributed by atoms with E-state index in [1.807, 2.05) is 0 Å². The lowest BCUT2D eigenvalue weighted by molar-refractivity contribution is -0.153. The van der Waals surface area contributed by atoms with Crippen molar-refractivity contribution >= 4 is 23.4 Å². The molecule has 0 aliphatic carbocycles. The van der Waals surface area contributed by atoms with Crippen molar-refractivity contribution in [2.24, 2.45) is 0 Å². The van der Waals surface area contributed by atoms with Crippen LogP contribution in [0, 0.1) is 6.92 Å². The molecule has 0 bridgehead atoms. The van der Waals surface area contributed by atoms with E-state index in [9.17, 15) is 22.8 Å². The number of halogens is 4. The van der Waals surface area contributed by atoms with Crippen LogP contribution < -0.4 is 0 Å². The van der Waals surface area contributed by atoms with Gasteiger partial charge >= 0.3 is 6.18 Å². The third-order valence-corrected chi connectivity index (χ3v) is 6.37. The number of pyridine rings is 1. The fourth-order valence-corrected chi connectivity index (χ4v) is 4.88. The number of furan rings is 1. The molecule has 170 valence electrons. The molecular weight excluding hydrogens is 459 g/mol. The van der Waals surface area contributed by atoms with Crippen LogP contribution in [0.3, 0.4) is 0 Å². The van der Waals surface area contributed by atoms with Gasteiger partial charge in [-0.05, 0) is 42.8 Å². The first-order chi connectivity index (χ1) is 15.6. The molecule has 10 heteroatoms. The fourth-order valence-electron chi connectivity index (χ4n) is 4.76. The summed E-state index contributed by atoms with van der Waals surface area (Å²) in [6.07, 6.45) is -3.18. The zero-order valence-electron chi connectivity index (χ0n) is 17.3. The van der Waals surface area contributed by atoms with Gasteiger partial charge in [0.25, 0.3) is 11.8 Å². The van der Waals surface area contributed by atoms with Gasteiger partial charge in [0, 0.05) is 30.7 Å².